The van der Waals surface area contributed by atoms with Crippen molar-refractivity contribution >= 4 is 63.5 Å². The molecular weight excluding hydrogens is 488 g/mol. The first-order valence-corrected chi connectivity index (χ1v) is 11.5. The summed E-state index contributed by atoms with van der Waals surface area (Å²) >= 11 is 18.9. The lowest BCUT2D eigenvalue weighted by Gasteiger charge is -2.14. The van der Waals surface area contributed by atoms with Gasteiger partial charge in [0, 0.05) is 5.02 Å². The second-order valence-corrected chi connectivity index (χ2v) is 9.52. The van der Waals surface area contributed by atoms with Gasteiger partial charge in [-0.15, -0.1) is 0 Å². The Morgan fingerprint density at radius 3 is 2.38 bits per heavy atom. The van der Waals surface area contributed by atoms with Crippen molar-refractivity contribution in [2.24, 2.45) is 0 Å². The zero-order chi connectivity index (χ0) is 22.7. The van der Waals surface area contributed by atoms with E-state index < -0.39 is 0 Å². The number of hydrogen-bond donors (Lipinski definition) is 0. The minimum absolute atomic E-state index is 0.191. The standard InChI is InChI=1S/C24H16Cl2FNO2S2/c25-18-6-1-16(2-7-18)14-30-21-10-5-17(11-20(21)26)12-22-23(29)28(24(31)32-22)13-15-3-8-19(27)9-4-15/h1-12H,13-14H2. The van der Waals surface area contributed by atoms with Gasteiger partial charge < -0.3 is 4.74 Å². The quantitative estimate of drug-likeness (QED) is 0.264. The van der Waals surface area contributed by atoms with Crippen molar-refractivity contribution < 1.29 is 13.9 Å². The lowest BCUT2D eigenvalue weighted by molar-refractivity contribution is -0.122. The van der Waals surface area contributed by atoms with Crippen molar-refractivity contribution in [1.82, 2.24) is 4.90 Å². The van der Waals surface area contributed by atoms with Gasteiger partial charge in [0.05, 0.1) is 16.5 Å². The predicted octanol–water partition coefficient (Wildman–Crippen LogP) is 7.11. The Morgan fingerprint density at radius 2 is 1.69 bits per heavy atom. The molecule has 3 aromatic carbocycles. The number of carbonyl (C=O) groups is 1. The number of benzene rings is 3. The van der Waals surface area contributed by atoms with Crippen LogP contribution >= 0.6 is 47.2 Å². The molecule has 8 heteroatoms. The second kappa shape index (κ2) is 10.0. The summed E-state index contributed by atoms with van der Waals surface area (Å²) in [6.45, 7) is 0.652. The first-order chi connectivity index (χ1) is 15.4. The van der Waals surface area contributed by atoms with E-state index in [1.807, 2.05) is 18.2 Å². The molecule has 0 atom stereocenters. The highest BCUT2D eigenvalue weighted by atomic mass is 35.5. The molecule has 162 valence electrons. The summed E-state index contributed by atoms with van der Waals surface area (Å²) in [5.74, 6) is 0.0302. The number of hydrogen-bond acceptors (Lipinski definition) is 4. The van der Waals surface area contributed by atoms with Crippen LogP contribution in [0.2, 0.25) is 10.0 Å². The number of ether oxygens (including phenoxy) is 1. The van der Waals surface area contributed by atoms with Gasteiger partial charge in [0.15, 0.2) is 0 Å². The number of rotatable bonds is 6. The highest BCUT2D eigenvalue weighted by Crippen LogP contribution is 2.35. The summed E-state index contributed by atoms with van der Waals surface area (Å²) in [6.07, 6.45) is 1.75. The molecule has 1 aliphatic rings. The largest absolute Gasteiger partial charge is 0.487 e. The molecule has 1 amide bonds. The van der Waals surface area contributed by atoms with Gasteiger partial charge in [-0.2, -0.15) is 0 Å². The Hall–Kier alpha value is -2.38. The maximum atomic E-state index is 13.1. The van der Waals surface area contributed by atoms with Gasteiger partial charge >= 0.3 is 0 Å². The van der Waals surface area contributed by atoms with Gasteiger partial charge in [-0.25, -0.2) is 4.39 Å². The van der Waals surface area contributed by atoms with Gasteiger partial charge in [-0.05, 0) is 59.2 Å². The summed E-state index contributed by atoms with van der Waals surface area (Å²) in [5.41, 5.74) is 2.53. The molecule has 0 bridgehead atoms. The topological polar surface area (TPSA) is 29.5 Å². The molecule has 0 aliphatic carbocycles. The number of nitrogens with zero attached hydrogens (tertiary/aromatic N) is 1. The third kappa shape index (κ3) is 5.51. The Bertz CT molecular complexity index is 1200. The van der Waals surface area contributed by atoms with Crippen molar-refractivity contribution in [2.45, 2.75) is 13.2 Å². The van der Waals surface area contributed by atoms with Crippen LogP contribution in [0.25, 0.3) is 6.08 Å². The first-order valence-electron chi connectivity index (χ1n) is 9.55. The molecule has 1 aliphatic heterocycles. The normalized spacial score (nSPS) is 15.0. The molecule has 3 aromatic rings. The highest BCUT2D eigenvalue weighted by Gasteiger charge is 2.32. The van der Waals surface area contributed by atoms with E-state index in [0.717, 1.165) is 16.7 Å². The van der Waals surface area contributed by atoms with Gasteiger partial charge in [0.25, 0.3) is 5.91 Å². The summed E-state index contributed by atoms with van der Waals surface area (Å²) in [5, 5.41) is 1.11. The van der Waals surface area contributed by atoms with E-state index in [4.69, 9.17) is 40.2 Å². The Kier molecular flexibility index (Phi) is 7.16. The molecule has 0 unspecified atom stereocenters. The minimum Gasteiger partial charge on any atom is -0.487 e. The van der Waals surface area contributed by atoms with Gasteiger partial charge in [0.2, 0.25) is 0 Å². The van der Waals surface area contributed by atoms with E-state index in [2.05, 4.69) is 0 Å². The average molecular weight is 504 g/mol. The van der Waals surface area contributed by atoms with Crippen molar-refractivity contribution in [3.05, 3.63) is 104 Å². The van der Waals surface area contributed by atoms with Gasteiger partial charge in [0.1, 0.15) is 22.5 Å². The number of halogens is 3. The molecule has 4 rings (SSSR count). The molecule has 1 saturated heterocycles. The summed E-state index contributed by atoms with van der Waals surface area (Å²) in [7, 11) is 0. The summed E-state index contributed by atoms with van der Waals surface area (Å²) in [6, 6.07) is 18.7. The Morgan fingerprint density at radius 1 is 1.00 bits per heavy atom. The van der Waals surface area contributed by atoms with Crippen LogP contribution in [0.1, 0.15) is 16.7 Å². The molecule has 1 fully saturated rings. The lowest BCUT2D eigenvalue weighted by atomic mass is 10.2. The molecule has 0 aromatic heterocycles. The molecule has 1 heterocycles. The summed E-state index contributed by atoms with van der Waals surface area (Å²) in [4.78, 5) is 14.8. The number of carbonyl (C=O) groups excluding carboxylic acids is 1. The van der Waals surface area contributed by atoms with E-state index in [1.165, 1.54) is 28.8 Å². The Labute approximate surface area is 204 Å². The van der Waals surface area contributed by atoms with E-state index in [-0.39, 0.29) is 11.7 Å². The van der Waals surface area contributed by atoms with Crippen LogP contribution in [0, 0.1) is 5.82 Å². The van der Waals surface area contributed by atoms with E-state index in [9.17, 15) is 9.18 Å². The number of thioether (sulfide) groups is 1. The van der Waals surface area contributed by atoms with E-state index in [1.54, 1.807) is 42.5 Å². The summed E-state index contributed by atoms with van der Waals surface area (Å²) < 4.78 is 19.4. The molecule has 3 nitrogen and oxygen atoms in total. The van der Waals surface area contributed by atoms with E-state index >= 15 is 0 Å². The zero-order valence-electron chi connectivity index (χ0n) is 16.6. The number of amides is 1. The minimum atomic E-state index is -0.323. The van der Waals surface area contributed by atoms with Crippen LogP contribution in [-0.2, 0) is 17.9 Å². The predicted molar refractivity (Wildman–Crippen MR) is 132 cm³/mol. The van der Waals surface area contributed by atoms with Gasteiger partial charge in [-0.3, -0.25) is 9.69 Å². The van der Waals surface area contributed by atoms with Crippen LogP contribution in [0.15, 0.2) is 71.6 Å². The van der Waals surface area contributed by atoms with Gasteiger partial charge in [-0.1, -0.05) is 77.5 Å². The van der Waals surface area contributed by atoms with Crippen LogP contribution in [0.4, 0.5) is 4.39 Å². The fraction of sp³-hybridized carbons (Fsp3) is 0.0833. The fourth-order valence-electron chi connectivity index (χ4n) is 3.03. The zero-order valence-corrected chi connectivity index (χ0v) is 19.7. The van der Waals surface area contributed by atoms with Crippen molar-refractivity contribution in [3.63, 3.8) is 0 Å². The number of thiocarbonyl (C=S) groups is 1. The van der Waals surface area contributed by atoms with E-state index in [0.29, 0.717) is 38.2 Å². The molecule has 0 N–H and O–H groups in total. The maximum Gasteiger partial charge on any atom is 0.266 e. The smallest absolute Gasteiger partial charge is 0.266 e. The Balaban J connectivity index is 1.44. The SMILES string of the molecule is O=C1C(=Cc2ccc(OCc3ccc(Cl)cc3)c(Cl)c2)SC(=S)N1Cc1ccc(F)cc1. The van der Waals surface area contributed by atoms with Crippen LogP contribution in [0.5, 0.6) is 5.75 Å². The van der Waals surface area contributed by atoms with Crippen molar-refractivity contribution in [1.29, 1.82) is 0 Å². The fourth-order valence-corrected chi connectivity index (χ4v) is 4.65. The van der Waals surface area contributed by atoms with Crippen LogP contribution in [0.3, 0.4) is 0 Å². The molecule has 0 radical (unpaired) electrons. The second-order valence-electron chi connectivity index (χ2n) is 7.00. The maximum absolute atomic E-state index is 13.1. The highest BCUT2D eigenvalue weighted by molar-refractivity contribution is 8.26. The lowest BCUT2D eigenvalue weighted by Crippen LogP contribution is -2.27. The molecular formula is C24H16Cl2FNO2S2. The van der Waals surface area contributed by atoms with Crippen LogP contribution in [-0.4, -0.2) is 15.1 Å². The third-order valence-corrected chi connectivity index (χ3v) is 6.61. The monoisotopic (exact) mass is 503 g/mol. The first kappa shape index (κ1) is 22.8. The average Bonchev–Trinajstić information content (AvgIpc) is 3.03. The molecule has 0 saturated carbocycles. The molecule has 0 spiro atoms. The van der Waals surface area contributed by atoms with Crippen molar-refractivity contribution in [3.8, 4) is 5.75 Å². The van der Waals surface area contributed by atoms with Crippen molar-refractivity contribution in [2.75, 3.05) is 0 Å². The third-order valence-electron chi connectivity index (χ3n) is 4.69. The van der Waals surface area contributed by atoms with Crippen LogP contribution < -0.4 is 4.74 Å². The molecule has 32 heavy (non-hydrogen) atoms.